The minimum absolute atomic E-state index is 0.0691. The van der Waals surface area contributed by atoms with Crippen LogP contribution < -0.4 is 0 Å². The summed E-state index contributed by atoms with van der Waals surface area (Å²) in [4.78, 5) is 13.0. The van der Waals surface area contributed by atoms with Gasteiger partial charge in [-0.15, -0.1) is 0 Å². The number of hydrogen-bond donors (Lipinski definition) is 0. The van der Waals surface area contributed by atoms with Gasteiger partial charge in [-0.3, -0.25) is 4.79 Å². The van der Waals surface area contributed by atoms with E-state index < -0.39 is 9.52 Å². The minimum atomic E-state index is -0.402. The number of ether oxygens (including phenoxy) is 1. The topological polar surface area (TPSA) is 26.3 Å². The van der Waals surface area contributed by atoms with Gasteiger partial charge in [-0.1, -0.05) is 104 Å². The van der Waals surface area contributed by atoms with E-state index in [0.717, 1.165) is 25.7 Å². The average molecular weight is 371 g/mol. The average Bonchev–Trinajstić information content (AvgIpc) is 2.62. The van der Waals surface area contributed by atoms with Gasteiger partial charge in [0.05, 0.1) is 11.6 Å². The molecular weight excluding hydrogens is 324 g/mol. The molecule has 0 bridgehead atoms. The Morgan fingerprint density at radius 3 is 1.88 bits per heavy atom. The van der Waals surface area contributed by atoms with E-state index in [1.54, 1.807) is 0 Å². The van der Waals surface area contributed by atoms with Crippen molar-refractivity contribution in [3.05, 3.63) is 0 Å². The van der Waals surface area contributed by atoms with Crippen LogP contribution in [-0.4, -0.2) is 22.1 Å². The summed E-state index contributed by atoms with van der Waals surface area (Å²) in [6, 6.07) is 1.28. The maximum Gasteiger partial charge on any atom is 0.308 e. The molecule has 0 N–H and O–H groups in total. The Hall–Kier alpha value is -0.313. The van der Waals surface area contributed by atoms with Crippen LogP contribution in [0.25, 0.3) is 0 Å². The van der Waals surface area contributed by atoms with Crippen molar-refractivity contribution in [1.82, 2.24) is 0 Å². The van der Waals surface area contributed by atoms with Crippen molar-refractivity contribution in [1.29, 1.82) is 0 Å². The summed E-state index contributed by atoms with van der Waals surface area (Å²) in [5, 5.41) is -0.0691. The largest absolute Gasteiger partial charge is 0.465 e. The molecule has 0 aliphatic heterocycles. The summed E-state index contributed by atoms with van der Waals surface area (Å²) in [6.07, 6.45) is 17.0. The lowest BCUT2D eigenvalue weighted by molar-refractivity contribution is -0.148. The third kappa shape index (κ3) is 11.8. The highest BCUT2D eigenvalue weighted by atomic mass is 28.2. The molecule has 0 radical (unpaired) electrons. The quantitative estimate of drug-likeness (QED) is 0.150. The molecular formula is C22H46O2Si. The molecule has 1 atom stereocenters. The lowest BCUT2D eigenvalue weighted by atomic mass is 9.94. The highest BCUT2D eigenvalue weighted by Crippen LogP contribution is 2.40. The number of carbonyl (C=O) groups excluding carboxylic acids is 1. The van der Waals surface area contributed by atoms with E-state index >= 15 is 0 Å². The molecule has 0 aromatic rings. The minimum Gasteiger partial charge on any atom is -0.465 e. The van der Waals surface area contributed by atoms with Crippen molar-refractivity contribution >= 4 is 15.5 Å². The Kier molecular flexibility index (Phi) is 16.9. The Morgan fingerprint density at radius 1 is 0.720 bits per heavy atom. The van der Waals surface area contributed by atoms with E-state index in [0.29, 0.717) is 6.61 Å². The van der Waals surface area contributed by atoms with Crippen molar-refractivity contribution < 1.29 is 9.53 Å². The Bertz CT molecular complexity index is 306. The molecule has 3 heteroatoms. The van der Waals surface area contributed by atoms with Crippen molar-refractivity contribution in [2.45, 2.75) is 129 Å². The van der Waals surface area contributed by atoms with Crippen LogP contribution in [0.1, 0.15) is 118 Å². The predicted octanol–water partition coefficient (Wildman–Crippen LogP) is 6.82. The van der Waals surface area contributed by atoms with Gasteiger partial charge in [-0.05, 0) is 19.3 Å². The number of hydrogen-bond acceptors (Lipinski definition) is 2. The second kappa shape index (κ2) is 17.1. The lowest BCUT2D eigenvalue weighted by Crippen LogP contribution is -2.32. The van der Waals surface area contributed by atoms with Crippen LogP contribution in [0.4, 0.5) is 0 Å². The Morgan fingerprint density at radius 2 is 1.32 bits per heavy atom. The van der Waals surface area contributed by atoms with Crippen LogP contribution in [0.15, 0.2) is 0 Å². The second-order valence-corrected chi connectivity index (χ2v) is 10.4. The fraction of sp³-hybridized carbons (Fsp3) is 0.955. The van der Waals surface area contributed by atoms with Gasteiger partial charge >= 0.3 is 5.97 Å². The summed E-state index contributed by atoms with van der Waals surface area (Å²) in [7, 11) is -0.402. The SMILES string of the molecule is CCCCCCCOC(=O)C(CCC)(CCCCCCC)[SiH2]CCC. The number of carbonyl (C=O) groups is 1. The molecule has 0 saturated heterocycles. The number of unbranched alkanes of at least 4 members (excludes halogenated alkanes) is 8. The normalized spacial score (nSPS) is 14.1. The Labute approximate surface area is 160 Å². The van der Waals surface area contributed by atoms with Crippen LogP contribution in [0, 0.1) is 0 Å². The summed E-state index contributed by atoms with van der Waals surface area (Å²) in [6.45, 7) is 9.62. The van der Waals surface area contributed by atoms with Crippen LogP contribution in [0.2, 0.25) is 11.1 Å². The standard InChI is InChI=1S/C22H46O2Si/c1-5-9-11-13-15-18-22(17-7-3,25-20-8-4)21(23)24-19-16-14-12-10-6-2/h5-20,25H2,1-4H3. The van der Waals surface area contributed by atoms with E-state index in [-0.39, 0.29) is 11.0 Å². The zero-order valence-electron chi connectivity index (χ0n) is 17.8. The molecule has 150 valence electrons. The van der Waals surface area contributed by atoms with Crippen LogP contribution in [0.3, 0.4) is 0 Å². The maximum atomic E-state index is 13.0. The van der Waals surface area contributed by atoms with E-state index in [4.69, 9.17) is 4.74 Å². The molecule has 0 spiro atoms. The first-order chi connectivity index (χ1) is 12.2. The van der Waals surface area contributed by atoms with Crippen molar-refractivity contribution in [3.63, 3.8) is 0 Å². The van der Waals surface area contributed by atoms with Gasteiger partial charge in [-0.25, -0.2) is 0 Å². The van der Waals surface area contributed by atoms with E-state index in [1.807, 2.05) is 0 Å². The third-order valence-corrected chi connectivity index (χ3v) is 8.42. The first-order valence-corrected chi connectivity index (χ1v) is 13.0. The molecule has 2 nitrogen and oxygen atoms in total. The fourth-order valence-electron chi connectivity index (χ4n) is 3.77. The second-order valence-electron chi connectivity index (χ2n) is 7.85. The van der Waals surface area contributed by atoms with Crippen LogP contribution >= 0.6 is 0 Å². The molecule has 0 aromatic heterocycles. The molecule has 0 saturated carbocycles. The molecule has 25 heavy (non-hydrogen) atoms. The molecule has 1 unspecified atom stereocenters. The number of rotatable bonds is 18. The van der Waals surface area contributed by atoms with Crippen molar-refractivity contribution in [2.75, 3.05) is 6.61 Å². The molecule has 0 heterocycles. The van der Waals surface area contributed by atoms with Gasteiger partial charge in [0, 0.05) is 9.52 Å². The lowest BCUT2D eigenvalue weighted by Gasteiger charge is -2.31. The van der Waals surface area contributed by atoms with Gasteiger partial charge in [-0.2, -0.15) is 0 Å². The van der Waals surface area contributed by atoms with Crippen LogP contribution in [-0.2, 0) is 9.53 Å². The fourth-order valence-corrected chi connectivity index (χ4v) is 6.21. The highest BCUT2D eigenvalue weighted by molar-refractivity contribution is 6.46. The zero-order chi connectivity index (χ0) is 18.8. The summed E-state index contributed by atoms with van der Waals surface area (Å²) >= 11 is 0. The molecule has 0 aliphatic rings. The van der Waals surface area contributed by atoms with E-state index in [9.17, 15) is 4.79 Å². The highest BCUT2D eigenvalue weighted by Gasteiger charge is 2.37. The molecule has 0 fully saturated rings. The monoisotopic (exact) mass is 370 g/mol. The van der Waals surface area contributed by atoms with Crippen molar-refractivity contribution in [3.8, 4) is 0 Å². The smallest absolute Gasteiger partial charge is 0.308 e. The van der Waals surface area contributed by atoms with Crippen molar-refractivity contribution in [2.24, 2.45) is 0 Å². The maximum absolute atomic E-state index is 13.0. The summed E-state index contributed by atoms with van der Waals surface area (Å²) < 4.78 is 5.81. The summed E-state index contributed by atoms with van der Waals surface area (Å²) in [5.74, 6) is 0.167. The van der Waals surface area contributed by atoms with E-state index in [2.05, 4.69) is 27.7 Å². The van der Waals surface area contributed by atoms with Gasteiger partial charge in [0.15, 0.2) is 0 Å². The number of esters is 1. The molecule has 0 amide bonds. The molecule has 0 rings (SSSR count). The van der Waals surface area contributed by atoms with Gasteiger partial charge in [0.1, 0.15) is 0 Å². The van der Waals surface area contributed by atoms with Crippen LogP contribution in [0.5, 0.6) is 0 Å². The van der Waals surface area contributed by atoms with Gasteiger partial charge in [0.25, 0.3) is 0 Å². The molecule has 0 aromatic carbocycles. The van der Waals surface area contributed by atoms with E-state index in [1.165, 1.54) is 70.3 Å². The molecule has 0 aliphatic carbocycles. The zero-order valence-corrected chi connectivity index (χ0v) is 19.3. The first-order valence-electron chi connectivity index (χ1n) is 11.3. The third-order valence-electron chi connectivity index (χ3n) is 5.41. The first kappa shape index (κ1) is 24.7. The Balaban J connectivity index is 4.51. The van der Waals surface area contributed by atoms with Gasteiger partial charge in [0.2, 0.25) is 0 Å². The van der Waals surface area contributed by atoms with Gasteiger partial charge < -0.3 is 4.74 Å². The predicted molar refractivity (Wildman–Crippen MR) is 114 cm³/mol. The summed E-state index contributed by atoms with van der Waals surface area (Å²) in [5.41, 5.74) is 0.